The number of anilines is 1. The van der Waals surface area contributed by atoms with Crippen LogP contribution >= 0.6 is 0 Å². The first-order valence-corrected chi connectivity index (χ1v) is 5.73. The molecule has 1 atom stereocenters. The van der Waals surface area contributed by atoms with Gasteiger partial charge >= 0.3 is 0 Å². The minimum Gasteiger partial charge on any atom is -0.362 e. The maximum Gasteiger partial charge on any atom is 0.147 e. The van der Waals surface area contributed by atoms with Crippen molar-refractivity contribution in [1.29, 1.82) is 0 Å². The van der Waals surface area contributed by atoms with E-state index in [2.05, 4.69) is 36.1 Å². The van der Waals surface area contributed by atoms with Gasteiger partial charge in [0.05, 0.1) is 5.69 Å². The highest BCUT2D eigenvalue weighted by Crippen LogP contribution is 2.21. The molecule has 1 heterocycles. The van der Waals surface area contributed by atoms with E-state index in [4.69, 9.17) is 5.73 Å². The highest BCUT2D eigenvalue weighted by molar-refractivity contribution is 5.41. The zero-order valence-corrected chi connectivity index (χ0v) is 10.6. The molecular weight excluding hydrogens is 200 g/mol. The van der Waals surface area contributed by atoms with Gasteiger partial charge in [0.1, 0.15) is 5.82 Å². The summed E-state index contributed by atoms with van der Waals surface area (Å²) in [5, 5.41) is 3.41. The third-order valence-electron chi connectivity index (χ3n) is 2.61. The van der Waals surface area contributed by atoms with E-state index in [-0.39, 0.29) is 5.54 Å². The molecule has 0 aliphatic rings. The molecule has 0 bridgehead atoms. The summed E-state index contributed by atoms with van der Waals surface area (Å²) < 4.78 is 0. The zero-order valence-electron chi connectivity index (χ0n) is 10.6. The molecule has 90 valence electrons. The lowest BCUT2D eigenvalue weighted by Gasteiger charge is -2.32. The second-order valence-corrected chi connectivity index (χ2v) is 4.98. The molecule has 0 radical (unpaired) electrons. The van der Waals surface area contributed by atoms with Gasteiger partial charge in [-0.05, 0) is 26.2 Å². The lowest BCUT2D eigenvalue weighted by atomic mass is 9.91. The van der Waals surface area contributed by atoms with E-state index >= 15 is 0 Å². The first-order chi connectivity index (χ1) is 7.47. The Morgan fingerprint density at radius 3 is 2.50 bits per heavy atom. The van der Waals surface area contributed by atoms with Crippen molar-refractivity contribution in [3.63, 3.8) is 0 Å². The van der Waals surface area contributed by atoms with Crippen LogP contribution in [0.4, 0.5) is 5.82 Å². The summed E-state index contributed by atoms with van der Waals surface area (Å²) in [4.78, 5) is 8.50. The van der Waals surface area contributed by atoms with Gasteiger partial charge in [-0.25, -0.2) is 4.98 Å². The highest BCUT2D eigenvalue weighted by atomic mass is 15.1. The Morgan fingerprint density at radius 2 is 2.00 bits per heavy atom. The van der Waals surface area contributed by atoms with Crippen molar-refractivity contribution in [3.8, 4) is 0 Å². The van der Waals surface area contributed by atoms with Gasteiger partial charge in [-0.2, -0.15) is 0 Å². The lowest BCUT2D eigenvalue weighted by molar-refractivity contribution is 0.405. The Balaban J connectivity index is 2.81. The predicted octanol–water partition coefficient (Wildman–Crippen LogP) is 1.96. The number of aromatic nitrogens is 2. The maximum absolute atomic E-state index is 5.84. The van der Waals surface area contributed by atoms with Crippen LogP contribution in [0.25, 0.3) is 0 Å². The van der Waals surface area contributed by atoms with Crippen LogP contribution in [0.15, 0.2) is 12.4 Å². The van der Waals surface area contributed by atoms with Crippen molar-refractivity contribution in [1.82, 2.24) is 9.97 Å². The fourth-order valence-corrected chi connectivity index (χ4v) is 1.90. The lowest BCUT2D eigenvalue weighted by Crippen LogP contribution is -2.44. The van der Waals surface area contributed by atoms with Gasteiger partial charge < -0.3 is 11.1 Å². The Morgan fingerprint density at radius 1 is 1.38 bits per heavy atom. The number of aryl methyl sites for hydroxylation is 1. The van der Waals surface area contributed by atoms with Crippen LogP contribution in [0.5, 0.6) is 0 Å². The smallest absolute Gasteiger partial charge is 0.147 e. The van der Waals surface area contributed by atoms with Crippen LogP contribution in [0, 0.1) is 12.8 Å². The fourth-order valence-electron chi connectivity index (χ4n) is 1.90. The van der Waals surface area contributed by atoms with E-state index in [1.54, 1.807) is 12.4 Å². The molecule has 0 aliphatic carbocycles. The van der Waals surface area contributed by atoms with Gasteiger partial charge in [-0.1, -0.05) is 13.8 Å². The summed E-state index contributed by atoms with van der Waals surface area (Å²) in [7, 11) is 0. The van der Waals surface area contributed by atoms with E-state index in [9.17, 15) is 0 Å². The quantitative estimate of drug-likeness (QED) is 0.799. The Kier molecular flexibility index (Phi) is 4.24. The monoisotopic (exact) mass is 222 g/mol. The van der Waals surface area contributed by atoms with Crippen molar-refractivity contribution < 1.29 is 0 Å². The number of hydrogen-bond donors (Lipinski definition) is 2. The molecule has 1 unspecified atom stereocenters. The van der Waals surface area contributed by atoms with Crippen LogP contribution in [-0.4, -0.2) is 22.1 Å². The van der Waals surface area contributed by atoms with Gasteiger partial charge in [0, 0.05) is 24.5 Å². The molecule has 4 nitrogen and oxygen atoms in total. The molecule has 0 saturated heterocycles. The number of nitrogens with two attached hydrogens (primary N) is 1. The second-order valence-electron chi connectivity index (χ2n) is 4.98. The summed E-state index contributed by atoms with van der Waals surface area (Å²) in [6.45, 7) is 9.04. The molecular formula is C12H22N4. The molecule has 0 aromatic carbocycles. The summed E-state index contributed by atoms with van der Waals surface area (Å²) in [6.07, 6.45) is 4.41. The number of nitrogens with one attached hydrogen (secondary N) is 1. The van der Waals surface area contributed by atoms with E-state index in [1.165, 1.54) is 0 Å². The average Bonchev–Trinajstić information content (AvgIpc) is 2.20. The van der Waals surface area contributed by atoms with Gasteiger partial charge in [-0.15, -0.1) is 0 Å². The molecule has 0 aliphatic heterocycles. The third-order valence-corrected chi connectivity index (χ3v) is 2.61. The molecule has 3 N–H and O–H groups in total. The topological polar surface area (TPSA) is 63.8 Å². The molecule has 1 aromatic heterocycles. The standard InChI is InChI=1S/C12H22N4/c1-9(2)7-12(4,8-13)16-11-10(3)14-5-6-15-11/h5-6,9H,7-8,13H2,1-4H3,(H,15,16). The van der Waals surface area contributed by atoms with E-state index in [0.29, 0.717) is 12.5 Å². The maximum atomic E-state index is 5.84. The SMILES string of the molecule is Cc1nccnc1NC(C)(CN)CC(C)C. The molecule has 4 heteroatoms. The molecule has 16 heavy (non-hydrogen) atoms. The van der Waals surface area contributed by atoms with Crippen molar-refractivity contribution in [3.05, 3.63) is 18.1 Å². The number of nitrogens with zero attached hydrogens (tertiary/aromatic N) is 2. The Hall–Kier alpha value is -1.16. The normalized spacial score (nSPS) is 14.9. The minimum atomic E-state index is -0.116. The van der Waals surface area contributed by atoms with Crippen LogP contribution in [0.3, 0.4) is 0 Å². The fraction of sp³-hybridized carbons (Fsp3) is 0.667. The van der Waals surface area contributed by atoms with Crippen LogP contribution < -0.4 is 11.1 Å². The number of rotatable bonds is 5. The van der Waals surface area contributed by atoms with Crippen molar-refractivity contribution >= 4 is 5.82 Å². The first kappa shape index (κ1) is 12.9. The Bertz CT molecular complexity index is 338. The molecule has 1 aromatic rings. The summed E-state index contributed by atoms with van der Waals surface area (Å²) in [6, 6.07) is 0. The van der Waals surface area contributed by atoms with Gasteiger partial charge in [0.15, 0.2) is 0 Å². The van der Waals surface area contributed by atoms with E-state index < -0.39 is 0 Å². The van der Waals surface area contributed by atoms with E-state index in [0.717, 1.165) is 17.9 Å². The summed E-state index contributed by atoms with van der Waals surface area (Å²) in [5.41, 5.74) is 6.63. The largest absolute Gasteiger partial charge is 0.362 e. The minimum absolute atomic E-state index is 0.116. The molecule has 1 rings (SSSR count). The molecule has 0 amide bonds. The first-order valence-electron chi connectivity index (χ1n) is 5.73. The van der Waals surface area contributed by atoms with Crippen LogP contribution in [0.1, 0.15) is 32.9 Å². The van der Waals surface area contributed by atoms with Gasteiger partial charge in [0.25, 0.3) is 0 Å². The predicted molar refractivity (Wildman–Crippen MR) is 67.3 cm³/mol. The van der Waals surface area contributed by atoms with Gasteiger partial charge in [-0.3, -0.25) is 4.98 Å². The van der Waals surface area contributed by atoms with Gasteiger partial charge in [0.2, 0.25) is 0 Å². The second kappa shape index (κ2) is 5.25. The zero-order chi connectivity index (χ0) is 12.2. The van der Waals surface area contributed by atoms with Crippen molar-refractivity contribution in [2.45, 2.75) is 39.7 Å². The summed E-state index contributed by atoms with van der Waals surface area (Å²) in [5.74, 6) is 1.43. The molecule has 0 saturated carbocycles. The highest BCUT2D eigenvalue weighted by Gasteiger charge is 2.24. The average molecular weight is 222 g/mol. The van der Waals surface area contributed by atoms with Crippen molar-refractivity contribution in [2.24, 2.45) is 11.7 Å². The Labute approximate surface area is 97.7 Å². The summed E-state index contributed by atoms with van der Waals surface area (Å²) >= 11 is 0. The van der Waals surface area contributed by atoms with Crippen molar-refractivity contribution in [2.75, 3.05) is 11.9 Å². The molecule has 0 spiro atoms. The number of hydrogen-bond acceptors (Lipinski definition) is 4. The molecule has 0 fully saturated rings. The third kappa shape index (κ3) is 3.45. The van der Waals surface area contributed by atoms with Crippen LogP contribution in [-0.2, 0) is 0 Å². The van der Waals surface area contributed by atoms with Crippen LogP contribution in [0.2, 0.25) is 0 Å². The van der Waals surface area contributed by atoms with E-state index in [1.807, 2.05) is 6.92 Å².